The van der Waals surface area contributed by atoms with Crippen molar-refractivity contribution in [1.82, 2.24) is 10.3 Å². The van der Waals surface area contributed by atoms with E-state index in [1.54, 1.807) is 13.8 Å². The summed E-state index contributed by atoms with van der Waals surface area (Å²) in [5, 5.41) is 3.35. The minimum absolute atomic E-state index is 0.180. The van der Waals surface area contributed by atoms with Gasteiger partial charge in [-0.15, -0.1) is 0 Å². The van der Waals surface area contributed by atoms with Crippen LogP contribution >= 0.6 is 11.3 Å². The van der Waals surface area contributed by atoms with Crippen LogP contribution in [0.3, 0.4) is 0 Å². The van der Waals surface area contributed by atoms with E-state index in [9.17, 15) is 13.6 Å². The molecular weight excluding hydrogens is 338 g/mol. The Balaban J connectivity index is 1.99. The lowest BCUT2D eigenvalue weighted by molar-refractivity contribution is -0.145. The first-order valence-electron chi connectivity index (χ1n) is 7.15. The van der Waals surface area contributed by atoms with Crippen LogP contribution in [0.1, 0.15) is 13.8 Å². The van der Waals surface area contributed by atoms with E-state index in [4.69, 9.17) is 4.74 Å². The summed E-state index contributed by atoms with van der Waals surface area (Å²) in [4.78, 5) is 15.8. The topological polar surface area (TPSA) is 94.6 Å². The highest BCUT2D eigenvalue weighted by molar-refractivity contribution is 7.81. The number of ether oxygens (including phenoxy) is 1. The minimum atomic E-state index is -2.43. The van der Waals surface area contributed by atoms with E-state index >= 15 is 0 Å². The van der Waals surface area contributed by atoms with Crippen molar-refractivity contribution >= 4 is 43.9 Å². The lowest BCUT2D eigenvalue weighted by Crippen LogP contribution is -2.41. The zero-order valence-corrected chi connectivity index (χ0v) is 14.5. The van der Waals surface area contributed by atoms with Crippen LogP contribution in [0.15, 0.2) is 24.3 Å². The van der Waals surface area contributed by atoms with E-state index in [2.05, 4.69) is 10.3 Å². The number of aromatic nitrogens is 1. The lowest BCUT2D eigenvalue weighted by Gasteiger charge is -2.24. The molecule has 0 aliphatic rings. The van der Waals surface area contributed by atoms with Crippen molar-refractivity contribution in [3.63, 3.8) is 0 Å². The normalized spacial score (nSPS) is 13.7. The van der Waals surface area contributed by atoms with Gasteiger partial charge in [0.05, 0.1) is 16.8 Å². The zero-order valence-electron chi connectivity index (χ0n) is 12.9. The Morgan fingerprint density at radius 3 is 2.91 bits per heavy atom. The molecule has 23 heavy (non-hydrogen) atoms. The Kier molecular flexibility index (Phi) is 6.46. The molecule has 2 rings (SSSR count). The van der Waals surface area contributed by atoms with Crippen molar-refractivity contribution in [2.45, 2.75) is 19.9 Å². The van der Waals surface area contributed by atoms with Crippen molar-refractivity contribution in [2.24, 2.45) is 0 Å². The first-order valence-corrected chi connectivity index (χ1v) is 9.00. The standard InChI is InChI=1S/C14H19N3O4S2/c1-3-21-13(18)10(2)15-8-9-17(23(19)20)14-16-11-6-4-5-7-12(11)22-14/h4-7,10,15H,3,8-9H2,1-2H3,(H,19,20)/p-1/t10-/m0/s1. The molecule has 0 saturated carbocycles. The van der Waals surface area contributed by atoms with Gasteiger partial charge in [0.1, 0.15) is 6.04 Å². The van der Waals surface area contributed by atoms with Gasteiger partial charge in [-0.25, -0.2) is 4.98 Å². The average molecular weight is 356 g/mol. The van der Waals surface area contributed by atoms with Crippen LogP contribution in [0.25, 0.3) is 10.2 Å². The Morgan fingerprint density at radius 2 is 2.26 bits per heavy atom. The first kappa shape index (κ1) is 17.8. The number of hydrogen-bond acceptors (Lipinski definition) is 7. The van der Waals surface area contributed by atoms with Gasteiger partial charge in [0, 0.05) is 24.4 Å². The highest BCUT2D eigenvalue weighted by Gasteiger charge is 2.16. The number of benzene rings is 1. The number of para-hydroxylation sites is 1. The second-order valence-electron chi connectivity index (χ2n) is 4.71. The fourth-order valence-corrected chi connectivity index (χ4v) is 3.54. The molecule has 0 radical (unpaired) electrons. The second kappa shape index (κ2) is 8.34. The van der Waals surface area contributed by atoms with E-state index in [1.807, 2.05) is 24.3 Å². The van der Waals surface area contributed by atoms with Crippen LogP contribution in [0.5, 0.6) is 0 Å². The summed E-state index contributed by atoms with van der Waals surface area (Å²) in [5.74, 6) is -0.359. The third-order valence-corrected chi connectivity index (χ3v) is 4.97. The summed E-state index contributed by atoms with van der Waals surface area (Å²) in [7, 11) is 0. The first-order chi connectivity index (χ1) is 11.0. The molecule has 7 nitrogen and oxygen atoms in total. The summed E-state index contributed by atoms with van der Waals surface area (Å²) in [6.45, 7) is 4.21. The summed E-state index contributed by atoms with van der Waals surface area (Å²) in [6.07, 6.45) is 0. The Bertz CT molecular complexity index is 658. The highest BCUT2D eigenvalue weighted by atomic mass is 32.2. The molecule has 0 aliphatic heterocycles. The maximum Gasteiger partial charge on any atom is 0.322 e. The maximum atomic E-state index is 11.5. The Labute approximate surface area is 141 Å². The Morgan fingerprint density at radius 1 is 1.52 bits per heavy atom. The molecule has 1 heterocycles. The van der Waals surface area contributed by atoms with Crippen LogP contribution in [-0.2, 0) is 20.8 Å². The smallest absolute Gasteiger partial charge is 0.322 e. The number of nitrogens with zero attached hydrogens (tertiary/aromatic N) is 2. The molecule has 1 unspecified atom stereocenters. The molecule has 0 amide bonds. The van der Waals surface area contributed by atoms with Crippen molar-refractivity contribution < 1.29 is 18.3 Å². The van der Waals surface area contributed by atoms with Crippen molar-refractivity contribution in [2.75, 3.05) is 24.0 Å². The molecule has 0 saturated heterocycles. The molecule has 1 N–H and O–H groups in total. The Hall–Kier alpha value is -1.55. The monoisotopic (exact) mass is 356 g/mol. The molecule has 9 heteroatoms. The molecule has 1 aromatic heterocycles. The SMILES string of the molecule is CCOC(=O)[C@H](C)NCCN(c1nc2ccccc2s1)S(=O)[O-]. The number of thiazole rings is 1. The lowest BCUT2D eigenvalue weighted by atomic mass is 10.3. The molecule has 0 spiro atoms. The molecule has 2 aromatic rings. The number of anilines is 1. The van der Waals surface area contributed by atoms with Crippen LogP contribution < -0.4 is 9.62 Å². The van der Waals surface area contributed by atoms with E-state index in [0.29, 0.717) is 18.3 Å². The van der Waals surface area contributed by atoms with Gasteiger partial charge in [0.25, 0.3) is 0 Å². The average Bonchev–Trinajstić information content (AvgIpc) is 2.94. The van der Waals surface area contributed by atoms with Crippen LogP contribution in [0.4, 0.5) is 5.13 Å². The van der Waals surface area contributed by atoms with Crippen molar-refractivity contribution in [1.29, 1.82) is 0 Å². The predicted octanol–water partition coefficient (Wildman–Crippen LogP) is 1.44. The summed E-state index contributed by atoms with van der Waals surface area (Å²) < 4.78 is 29.9. The number of carbonyl (C=O) groups is 1. The number of rotatable bonds is 8. The van der Waals surface area contributed by atoms with Gasteiger partial charge in [-0.3, -0.25) is 13.3 Å². The van der Waals surface area contributed by atoms with Crippen LogP contribution in [0, 0.1) is 0 Å². The summed E-state index contributed by atoms with van der Waals surface area (Å²) >= 11 is -1.13. The van der Waals surface area contributed by atoms with Gasteiger partial charge in [0.15, 0.2) is 5.13 Å². The fraction of sp³-hybridized carbons (Fsp3) is 0.429. The molecule has 0 fully saturated rings. The van der Waals surface area contributed by atoms with Gasteiger partial charge >= 0.3 is 5.97 Å². The summed E-state index contributed by atoms with van der Waals surface area (Å²) in [5.41, 5.74) is 0.760. The number of esters is 1. The van der Waals surface area contributed by atoms with Gasteiger partial charge < -0.3 is 14.6 Å². The second-order valence-corrected chi connectivity index (χ2v) is 6.60. The molecule has 0 bridgehead atoms. The molecule has 2 atom stereocenters. The van der Waals surface area contributed by atoms with Crippen molar-refractivity contribution in [3.05, 3.63) is 24.3 Å². The third kappa shape index (κ3) is 4.71. The summed E-state index contributed by atoms with van der Waals surface area (Å²) in [6, 6.07) is 6.97. The molecule has 1 aromatic carbocycles. The largest absolute Gasteiger partial charge is 0.755 e. The highest BCUT2D eigenvalue weighted by Crippen LogP contribution is 2.28. The van der Waals surface area contributed by atoms with Crippen LogP contribution in [0.2, 0.25) is 0 Å². The number of fused-ring (bicyclic) bond motifs is 1. The number of nitrogens with one attached hydrogen (secondary N) is 1. The van der Waals surface area contributed by atoms with E-state index in [-0.39, 0.29) is 12.5 Å². The minimum Gasteiger partial charge on any atom is -0.755 e. The van der Waals surface area contributed by atoms with Gasteiger partial charge in [-0.1, -0.05) is 23.5 Å². The molecule has 0 aliphatic carbocycles. The van der Waals surface area contributed by atoms with E-state index < -0.39 is 17.3 Å². The maximum absolute atomic E-state index is 11.5. The fourth-order valence-electron chi connectivity index (χ4n) is 1.93. The van der Waals surface area contributed by atoms with Gasteiger partial charge in [0.2, 0.25) is 0 Å². The third-order valence-electron chi connectivity index (χ3n) is 3.08. The van der Waals surface area contributed by atoms with Gasteiger partial charge in [-0.2, -0.15) is 0 Å². The molecular formula is C14H18N3O4S2-. The quantitative estimate of drug-likeness (QED) is 0.568. The number of carbonyl (C=O) groups excluding carboxylic acids is 1. The van der Waals surface area contributed by atoms with Crippen LogP contribution in [-0.4, -0.2) is 45.5 Å². The van der Waals surface area contributed by atoms with E-state index in [0.717, 1.165) is 10.2 Å². The zero-order chi connectivity index (χ0) is 16.8. The number of hydrogen-bond donors (Lipinski definition) is 1. The molecule has 126 valence electrons. The predicted molar refractivity (Wildman–Crippen MR) is 90.0 cm³/mol. The van der Waals surface area contributed by atoms with Crippen molar-refractivity contribution in [3.8, 4) is 0 Å². The van der Waals surface area contributed by atoms with E-state index in [1.165, 1.54) is 15.6 Å². The van der Waals surface area contributed by atoms with Gasteiger partial charge in [-0.05, 0) is 26.0 Å².